The van der Waals surface area contributed by atoms with Crippen molar-refractivity contribution < 1.29 is 20.1 Å². The SMILES string of the molecule is O=C(CCc1ccc(O)cc1O)c1cccc(O)c1. The van der Waals surface area contributed by atoms with Gasteiger partial charge in [0.2, 0.25) is 0 Å². The van der Waals surface area contributed by atoms with Crippen molar-refractivity contribution in [2.45, 2.75) is 12.8 Å². The highest BCUT2D eigenvalue weighted by atomic mass is 16.3. The summed E-state index contributed by atoms with van der Waals surface area (Å²) in [5.74, 6) is -0.0917. The molecule has 0 radical (unpaired) electrons. The number of phenols is 3. The molecule has 98 valence electrons. The molecular weight excluding hydrogens is 244 g/mol. The van der Waals surface area contributed by atoms with Crippen molar-refractivity contribution in [3.8, 4) is 17.2 Å². The molecule has 2 aromatic rings. The van der Waals surface area contributed by atoms with Gasteiger partial charge in [-0.3, -0.25) is 4.79 Å². The average molecular weight is 258 g/mol. The minimum atomic E-state index is -0.108. The van der Waals surface area contributed by atoms with Crippen LogP contribution in [0.3, 0.4) is 0 Å². The van der Waals surface area contributed by atoms with E-state index in [1.54, 1.807) is 18.2 Å². The minimum absolute atomic E-state index is 0.0134. The largest absolute Gasteiger partial charge is 0.508 e. The van der Waals surface area contributed by atoms with Crippen LogP contribution in [0.5, 0.6) is 17.2 Å². The number of carbonyl (C=O) groups excluding carboxylic acids is 1. The van der Waals surface area contributed by atoms with Gasteiger partial charge in [0.25, 0.3) is 0 Å². The molecule has 4 heteroatoms. The number of benzene rings is 2. The molecule has 3 N–H and O–H groups in total. The lowest BCUT2D eigenvalue weighted by Crippen LogP contribution is -2.01. The first-order valence-corrected chi connectivity index (χ1v) is 5.89. The Balaban J connectivity index is 2.04. The van der Waals surface area contributed by atoms with E-state index in [-0.39, 0.29) is 29.5 Å². The molecule has 0 saturated carbocycles. The van der Waals surface area contributed by atoms with Crippen molar-refractivity contribution in [3.05, 3.63) is 53.6 Å². The second-order valence-electron chi connectivity index (χ2n) is 4.29. The van der Waals surface area contributed by atoms with Crippen LogP contribution in [0, 0.1) is 0 Å². The number of aromatic hydroxyl groups is 3. The Morgan fingerprint density at radius 3 is 2.37 bits per heavy atom. The molecule has 0 bridgehead atoms. The van der Waals surface area contributed by atoms with Gasteiger partial charge < -0.3 is 15.3 Å². The lowest BCUT2D eigenvalue weighted by molar-refractivity contribution is 0.0982. The van der Waals surface area contributed by atoms with E-state index in [4.69, 9.17) is 5.11 Å². The van der Waals surface area contributed by atoms with Gasteiger partial charge in [0.05, 0.1) is 0 Å². The van der Waals surface area contributed by atoms with E-state index < -0.39 is 0 Å². The van der Waals surface area contributed by atoms with E-state index >= 15 is 0 Å². The number of Topliss-reactive ketones (excluding diaryl/α,β-unsaturated/α-hetero) is 1. The molecule has 19 heavy (non-hydrogen) atoms. The zero-order valence-corrected chi connectivity index (χ0v) is 10.2. The van der Waals surface area contributed by atoms with Gasteiger partial charge >= 0.3 is 0 Å². The van der Waals surface area contributed by atoms with E-state index in [0.29, 0.717) is 17.5 Å². The summed E-state index contributed by atoms with van der Waals surface area (Å²) in [5.41, 5.74) is 1.05. The summed E-state index contributed by atoms with van der Waals surface area (Å²) in [6.45, 7) is 0. The Labute approximate surface area is 110 Å². The summed E-state index contributed by atoms with van der Waals surface area (Å²) >= 11 is 0. The molecule has 2 rings (SSSR count). The molecule has 0 aliphatic heterocycles. The summed E-state index contributed by atoms with van der Waals surface area (Å²) in [5, 5.41) is 28.1. The summed E-state index contributed by atoms with van der Waals surface area (Å²) in [4.78, 5) is 11.9. The Hall–Kier alpha value is -2.49. The van der Waals surface area contributed by atoms with Crippen molar-refractivity contribution in [2.75, 3.05) is 0 Å². The summed E-state index contributed by atoms with van der Waals surface area (Å²) in [6, 6.07) is 10.5. The van der Waals surface area contributed by atoms with Crippen LogP contribution in [-0.2, 0) is 6.42 Å². The molecule has 0 heterocycles. The Kier molecular flexibility index (Phi) is 3.71. The summed E-state index contributed by atoms with van der Waals surface area (Å²) < 4.78 is 0. The van der Waals surface area contributed by atoms with Crippen molar-refractivity contribution in [1.29, 1.82) is 0 Å². The molecule has 0 unspecified atom stereocenters. The van der Waals surface area contributed by atoms with Gasteiger partial charge in [0.15, 0.2) is 5.78 Å². The number of ketones is 1. The number of carbonyl (C=O) groups is 1. The van der Waals surface area contributed by atoms with Crippen LogP contribution in [-0.4, -0.2) is 21.1 Å². The standard InChI is InChI=1S/C15H14O4/c16-12-3-1-2-11(8-12)14(18)7-5-10-4-6-13(17)9-15(10)19/h1-4,6,8-9,16-17,19H,5,7H2. The molecular formula is C15H14O4. The van der Waals surface area contributed by atoms with Gasteiger partial charge in [0, 0.05) is 18.1 Å². The third-order valence-corrected chi connectivity index (χ3v) is 2.86. The van der Waals surface area contributed by atoms with Gasteiger partial charge in [-0.05, 0) is 30.2 Å². The number of aryl methyl sites for hydroxylation is 1. The number of hydrogen-bond acceptors (Lipinski definition) is 4. The van der Waals surface area contributed by atoms with Gasteiger partial charge in [-0.25, -0.2) is 0 Å². The van der Waals surface area contributed by atoms with E-state index in [2.05, 4.69) is 0 Å². The van der Waals surface area contributed by atoms with Gasteiger partial charge in [-0.1, -0.05) is 18.2 Å². The zero-order chi connectivity index (χ0) is 13.8. The lowest BCUT2D eigenvalue weighted by atomic mass is 10.0. The van der Waals surface area contributed by atoms with E-state index in [0.717, 1.165) is 0 Å². The minimum Gasteiger partial charge on any atom is -0.508 e. The van der Waals surface area contributed by atoms with E-state index in [1.807, 2.05) is 0 Å². The highest BCUT2D eigenvalue weighted by Gasteiger charge is 2.09. The zero-order valence-electron chi connectivity index (χ0n) is 10.2. The number of hydrogen-bond donors (Lipinski definition) is 3. The molecule has 0 amide bonds. The van der Waals surface area contributed by atoms with Crippen LogP contribution in [0.1, 0.15) is 22.3 Å². The molecule has 4 nitrogen and oxygen atoms in total. The van der Waals surface area contributed by atoms with Crippen LogP contribution >= 0.6 is 0 Å². The molecule has 2 aromatic carbocycles. The predicted octanol–water partition coefficient (Wildman–Crippen LogP) is 2.62. The van der Waals surface area contributed by atoms with Crippen LogP contribution in [0.25, 0.3) is 0 Å². The predicted molar refractivity (Wildman–Crippen MR) is 70.5 cm³/mol. The molecule has 0 atom stereocenters. The van der Waals surface area contributed by atoms with E-state index in [1.165, 1.54) is 24.3 Å². The fourth-order valence-electron chi connectivity index (χ4n) is 1.84. The van der Waals surface area contributed by atoms with Gasteiger partial charge in [-0.2, -0.15) is 0 Å². The fourth-order valence-corrected chi connectivity index (χ4v) is 1.84. The van der Waals surface area contributed by atoms with Crippen molar-refractivity contribution in [1.82, 2.24) is 0 Å². The van der Waals surface area contributed by atoms with Gasteiger partial charge in [0.1, 0.15) is 17.2 Å². The van der Waals surface area contributed by atoms with Crippen molar-refractivity contribution in [3.63, 3.8) is 0 Å². The van der Waals surface area contributed by atoms with Crippen molar-refractivity contribution in [2.24, 2.45) is 0 Å². The lowest BCUT2D eigenvalue weighted by Gasteiger charge is -2.05. The van der Waals surface area contributed by atoms with Crippen LogP contribution in [0.15, 0.2) is 42.5 Å². The molecule has 0 spiro atoms. The van der Waals surface area contributed by atoms with Crippen LogP contribution in [0.4, 0.5) is 0 Å². The first-order chi connectivity index (χ1) is 9.06. The third-order valence-electron chi connectivity index (χ3n) is 2.86. The fraction of sp³-hybridized carbons (Fsp3) is 0.133. The second-order valence-corrected chi connectivity index (χ2v) is 4.29. The number of phenolic OH excluding ortho intramolecular Hbond substituents is 3. The normalized spacial score (nSPS) is 10.3. The number of rotatable bonds is 4. The molecule has 0 aliphatic rings. The highest BCUT2D eigenvalue weighted by molar-refractivity contribution is 5.96. The Bertz CT molecular complexity index is 605. The first kappa shape index (κ1) is 13.0. The molecule has 0 fully saturated rings. The van der Waals surface area contributed by atoms with Crippen LogP contribution < -0.4 is 0 Å². The topological polar surface area (TPSA) is 77.8 Å². The first-order valence-electron chi connectivity index (χ1n) is 5.89. The summed E-state index contributed by atoms with van der Waals surface area (Å²) in [7, 11) is 0. The van der Waals surface area contributed by atoms with Gasteiger partial charge in [-0.15, -0.1) is 0 Å². The highest BCUT2D eigenvalue weighted by Crippen LogP contribution is 2.24. The maximum absolute atomic E-state index is 11.9. The third kappa shape index (κ3) is 3.25. The summed E-state index contributed by atoms with van der Waals surface area (Å²) in [6.07, 6.45) is 0.600. The Morgan fingerprint density at radius 2 is 1.68 bits per heavy atom. The maximum Gasteiger partial charge on any atom is 0.163 e. The molecule has 0 aromatic heterocycles. The average Bonchev–Trinajstić information content (AvgIpc) is 2.37. The second kappa shape index (κ2) is 5.44. The Morgan fingerprint density at radius 1 is 0.947 bits per heavy atom. The van der Waals surface area contributed by atoms with E-state index in [9.17, 15) is 15.0 Å². The maximum atomic E-state index is 11.9. The quantitative estimate of drug-likeness (QED) is 0.737. The van der Waals surface area contributed by atoms with Crippen LogP contribution in [0.2, 0.25) is 0 Å². The monoisotopic (exact) mass is 258 g/mol. The molecule has 0 aliphatic carbocycles. The molecule has 0 saturated heterocycles. The smallest absolute Gasteiger partial charge is 0.163 e. The van der Waals surface area contributed by atoms with Crippen molar-refractivity contribution >= 4 is 5.78 Å².